The molecule has 0 fully saturated rings. The number of hydrogen-bond acceptors (Lipinski definition) is 7. The van der Waals surface area contributed by atoms with E-state index >= 15 is 0 Å². The van der Waals surface area contributed by atoms with Gasteiger partial charge in [0, 0.05) is 44.0 Å². The van der Waals surface area contributed by atoms with E-state index < -0.39 is 0 Å². The van der Waals surface area contributed by atoms with E-state index in [4.69, 9.17) is 28.7 Å². The van der Waals surface area contributed by atoms with Crippen LogP contribution in [0, 0.1) is 0 Å². The van der Waals surface area contributed by atoms with E-state index in [0.717, 1.165) is 82.6 Å². The van der Waals surface area contributed by atoms with Crippen LogP contribution in [0.2, 0.25) is 0 Å². The van der Waals surface area contributed by atoms with E-state index in [1.807, 2.05) is 12.1 Å². The molecule has 0 N–H and O–H groups in total. The van der Waals surface area contributed by atoms with Gasteiger partial charge in [-0.05, 0) is 51.4 Å². The van der Waals surface area contributed by atoms with Crippen molar-refractivity contribution in [3.05, 3.63) is 170 Å². The summed E-state index contributed by atoms with van der Waals surface area (Å²) in [6, 6.07) is 58.7. The molecule has 256 valence electrons. The van der Waals surface area contributed by atoms with E-state index in [9.17, 15) is 0 Å². The van der Waals surface area contributed by atoms with Crippen LogP contribution in [-0.2, 0) is 0 Å². The highest BCUT2D eigenvalue weighted by atomic mass is 32.1. The van der Waals surface area contributed by atoms with Crippen molar-refractivity contribution in [2.75, 3.05) is 0 Å². The Kier molecular flexibility index (Phi) is 7.25. The standard InChI is InChI=1S/C48H28N6S/c1-2-12-32(13-3-1)43-40-28-39(44-45(54-55-53-44)42(40)38-16-8-9-17-41(38)49-43)31-20-22-33(23-21-31)46-50-47(36-24-18-29-10-4-6-14-34(29)26-36)52-48(51-46)37-25-19-30-11-5-7-15-35(30)27-37/h1-28H. The zero-order chi connectivity index (χ0) is 36.3. The number of nitrogens with zero attached hydrogens (tertiary/aromatic N) is 6. The number of aromatic nitrogens is 6. The van der Waals surface area contributed by atoms with Gasteiger partial charge in [0.15, 0.2) is 17.5 Å². The van der Waals surface area contributed by atoms with E-state index in [2.05, 4.69) is 158 Å². The molecule has 6 nitrogen and oxygen atoms in total. The van der Waals surface area contributed by atoms with Crippen LogP contribution >= 0.6 is 11.7 Å². The van der Waals surface area contributed by atoms with Gasteiger partial charge in [0.25, 0.3) is 0 Å². The minimum absolute atomic E-state index is 0.605. The summed E-state index contributed by atoms with van der Waals surface area (Å²) in [6.45, 7) is 0. The molecule has 0 unspecified atom stereocenters. The fourth-order valence-electron chi connectivity index (χ4n) is 7.62. The molecule has 0 aliphatic rings. The van der Waals surface area contributed by atoms with Gasteiger partial charge in [-0.3, -0.25) is 0 Å². The van der Waals surface area contributed by atoms with Crippen molar-refractivity contribution in [1.82, 2.24) is 28.7 Å². The van der Waals surface area contributed by atoms with Gasteiger partial charge >= 0.3 is 0 Å². The number of para-hydroxylation sites is 1. The van der Waals surface area contributed by atoms with E-state index in [1.54, 1.807) is 0 Å². The second-order valence-corrected chi connectivity index (χ2v) is 14.2. The van der Waals surface area contributed by atoms with Crippen molar-refractivity contribution in [1.29, 1.82) is 0 Å². The lowest BCUT2D eigenvalue weighted by Gasteiger charge is -2.13. The molecule has 0 atom stereocenters. The lowest BCUT2D eigenvalue weighted by Crippen LogP contribution is -2.00. The Morgan fingerprint density at radius 2 is 0.873 bits per heavy atom. The predicted molar refractivity (Wildman–Crippen MR) is 226 cm³/mol. The Morgan fingerprint density at radius 1 is 0.345 bits per heavy atom. The summed E-state index contributed by atoms with van der Waals surface area (Å²) in [5.74, 6) is 1.86. The molecule has 0 saturated heterocycles. The van der Waals surface area contributed by atoms with Crippen molar-refractivity contribution in [2.45, 2.75) is 0 Å². The van der Waals surface area contributed by atoms with Crippen LogP contribution in [-0.4, -0.2) is 28.7 Å². The van der Waals surface area contributed by atoms with Crippen LogP contribution in [0.5, 0.6) is 0 Å². The molecule has 11 rings (SSSR count). The maximum atomic E-state index is 5.19. The lowest BCUT2D eigenvalue weighted by atomic mass is 9.93. The average molecular weight is 721 g/mol. The minimum Gasteiger partial charge on any atom is -0.247 e. The highest BCUT2D eigenvalue weighted by Gasteiger charge is 2.20. The lowest BCUT2D eigenvalue weighted by molar-refractivity contribution is 1.08. The average Bonchev–Trinajstić information content (AvgIpc) is 3.76. The molecule has 11 aromatic rings. The third-order valence-electron chi connectivity index (χ3n) is 10.4. The molecule has 0 saturated carbocycles. The highest BCUT2D eigenvalue weighted by Crippen LogP contribution is 2.41. The summed E-state index contributed by atoms with van der Waals surface area (Å²) >= 11 is 1.24. The SMILES string of the molecule is c1ccc(-c2nc3ccccc3c3c2cc(-c2ccc(-c4nc(-c5ccc6ccccc6c5)nc(-c5ccc6ccccc6c5)n4)cc2)c2nsnc23)cc1. The Bertz CT molecular complexity index is 3170. The van der Waals surface area contributed by atoms with Crippen LogP contribution in [0.1, 0.15) is 0 Å². The molecule has 3 heterocycles. The Hall–Kier alpha value is -7.22. The van der Waals surface area contributed by atoms with Gasteiger partial charge in [-0.25, -0.2) is 19.9 Å². The van der Waals surface area contributed by atoms with Crippen molar-refractivity contribution in [2.24, 2.45) is 0 Å². The van der Waals surface area contributed by atoms with Gasteiger partial charge in [0.1, 0.15) is 11.0 Å². The van der Waals surface area contributed by atoms with Gasteiger partial charge in [-0.1, -0.05) is 146 Å². The molecule has 7 heteroatoms. The number of pyridine rings is 1. The van der Waals surface area contributed by atoms with Crippen molar-refractivity contribution in [3.8, 4) is 56.5 Å². The molecule has 0 aliphatic heterocycles. The molecule has 55 heavy (non-hydrogen) atoms. The van der Waals surface area contributed by atoms with Crippen LogP contribution in [0.4, 0.5) is 0 Å². The van der Waals surface area contributed by atoms with Crippen molar-refractivity contribution in [3.63, 3.8) is 0 Å². The molecule has 8 aromatic carbocycles. The molecule has 0 radical (unpaired) electrons. The quantitative estimate of drug-likeness (QED) is 0.165. The summed E-state index contributed by atoms with van der Waals surface area (Å²) < 4.78 is 9.72. The third-order valence-corrected chi connectivity index (χ3v) is 10.9. The molecule has 0 bridgehead atoms. The molecular formula is C48H28N6S. The first-order valence-electron chi connectivity index (χ1n) is 18.1. The first kappa shape index (κ1) is 31.3. The van der Waals surface area contributed by atoms with Crippen LogP contribution in [0.15, 0.2) is 170 Å². The van der Waals surface area contributed by atoms with Crippen LogP contribution in [0.25, 0.3) is 111 Å². The summed E-state index contributed by atoms with van der Waals surface area (Å²) in [5.41, 5.74) is 9.46. The second kappa shape index (κ2) is 12.7. The molecule has 3 aromatic heterocycles. The maximum absolute atomic E-state index is 5.19. The topological polar surface area (TPSA) is 77.3 Å². The molecule has 0 amide bonds. The van der Waals surface area contributed by atoms with Crippen molar-refractivity contribution >= 4 is 66.0 Å². The van der Waals surface area contributed by atoms with E-state index in [1.165, 1.54) is 22.5 Å². The largest absolute Gasteiger partial charge is 0.247 e. The van der Waals surface area contributed by atoms with Gasteiger partial charge in [-0.15, -0.1) is 0 Å². The van der Waals surface area contributed by atoms with Gasteiger partial charge < -0.3 is 0 Å². The normalized spacial score (nSPS) is 11.6. The van der Waals surface area contributed by atoms with E-state index in [-0.39, 0.29) is 0 Å². The van der Waals surface area contributed by atoms with E-state index in [0.29, 0.717) is 17.5 Å². The molecular weight excluding hydrogens is 693 g/mol. The molecule has 0 spiro atoms. The monoisotopic (exact) mass is 720 g/mol. The van der Waals surface area contributed by atoms with Crippen molar-refractivity contribution < 1.29 is 0 Å². The van der Waals surface area contributed by atoms with Crippen LogP contribution in [0.3, 0.4) is 0 Å². The fraction of sp³-hybridized carbons (Fsp3) is 0. The van der Waals surface area contributed by atoms with Gasteiger partial charge in [0.2, 0.25) is 0 Å². The number of hydrogen-bond donors (Lipinski definition) is 0. The summed E-state index contributed by atoms with van der Waals surface area (Å²) in [5, 5.41) is 7.79. The molecule has 0 aliphatic carbocycles. The third kappa shape index (κ3) is 5.40. The second-order valence-electron chi connectivity index (χ2n) is 13.7. The smallest absolute Gasteiger partial charge is 0.164 e. The Balaban J connectivity index is 1.07. The number of benzene rings is 8. The zero-order valence-electron chi connectivity index (χ0n) is 29.3. The fourth-order valence-corrected chi connectivity index (χ4v) is 8.19. The first-order valence-corrected chi connectivity index (χ1v) is 18.8. The Morgan fingerprint density at radius 3 is 1.55 bits per heavy atom. The van der Waals surface area contributed by atoms with Crippen LogP contribution < -0.4 is 0 Å². The summed E-state index contributed by atoms with van der Waals surface area (Å²) in [7, 11) is 0. The summed E-state index contributed by atoms with van der Waals surface area (Å²) in [6.07, 6.45) is 0. The van der Waals surface area contributed by atoms with Gasteiger partial charge in [0.05, 0.1) is 22.9 Å². The highest BCUT2D eigenvalue weighted by molar-refractivity contribution is 7.00. The maximum Gasteiger partial charge on any atom is 0.164 e. The minimum atomic E-state index is 0.605. The predicted octanol–water partition coefficient (Wildman–Crippen LogP) is 12.2. The first-order chi connectivity index (χ1) is 27.2. The Labute approximate surface area is 319 Å². The zero-order valence-corrected chi connectivity index (χ0v) is 30.1. The number of fused-ring (bicyclic) bond motifs is 7. The number of rotatable bonds is 5. The summed E-state index contributed by atoms with van der Waals surface area (Å²) in [4.78, 5) is 20.4. The van der Waals surface area contributed by atoms with Gasteiger partial charge in [-0.2, -0.15) is 8.75 Å².